The molecule has 0 aliphatic carbocycles. The summed E-state index contributed by atoms with van der Waals surface area (Å²) in [5.74, 6) is -0.194. The second-order valence-corrected chi connectivity index (χ2v) is 4.50. The molecule has 15 heavy (non-hydrogen) atoms. The fourth-order valence-electron chi connectivity index (χ4n) is 1.12. The Balaban J connectivity index is 2.46. The number of rotatable bonds is 5. The van der Waals surface area contributed by atoms with Crippen LogP contribution in [0.3, 0.4) is 0 Å². The zero-order chi connectivity index (χ0) is 11.3. The zero-order valence-corrected chi connectivity index (χ0v) is 10.0. The van der Waals surface area contributed by atoms with Gasteiger partial charge in [-0.15, -0.1) is 0 Å². The maximum atomic E-state index is 11.2. The Morgan fingerprint density at radius 2 is 2.40 bits per heavy atom. The van der Waals surface area contributed by atoms with Crippen LogP contribution in [0.2, 0.25) is 0 Å². The van der Waals surface area contributed by atoms with Crippen molar-refractivity contribution in [3.8, 4) is 0 Å². The number of hydrogen-bond donors (Lipinski definition) is 3. The summed E-state index contributed by atoms with van der Waals surface area (Å²) < 4.78 is 0. The van der Waals surface area contributed by atoms with Crippen LogP contribution in [0, 0.1) is 0 Å². The third-order valence-corrected chi connectivity index (χ3v) is 2.89. The third-order valence-electron chi connectivity index (χ3n) is 1.94. The minimum absolute atomic E-state index is 0.194. The molecule has 3 N–H and O–H groups in total. The minimum Gasteiger partial charge on any atom is -0.308 e. The van der Waals surface area contributed by atoms with Gasteiger partial charge in [-0.3, -0.25) is 15.5 Å². The van der Waals surface area contributed by atoms with E-state index in [2.05, 4.69) is 26.1 Å². The first-order chi connectivity index (χ1) is 7.08. The number of nitrogens with one attached hydrogen (secondary N) is 3. The molecule has 1 unspecified atom stereocenters. The molecule has 0 fully saturated rings. The average Bonchev–Trinajstić information content (AvgIpc) is 2.17. The van der Waals surface area contributed by atoms with Crippen LogP contribution in [-0.4, -0.2) is 55.6 Å². The van der Waals surface area contributed by atoms with Gasteiger partial charge < -0.3 is 10.2 Å². The highest BCUT2D eigenvalue weighted by atomic mass is 32.2. The van der Waals surface area contributed by atoms with Gasteiger partial charge in [-0.1, -0.05) is 11.8 Å². The summed E-state index contributed by atoms with van der Waals surface area (Å²) in [4.78, 5) is 13.2. The lowest BCUT2D eigenvalue weighted by Gasteiger charge is -2.35. The third kappa shape index (κ3) is 3.69. The predicted octanol–water partition coefficient (Wildman–Crippen LogP) is -1.18. The predicted molar refractivity (Wildman–Crippen MR) is 62.6 cm³/mol. The van der Waals surface area contributed by atoms with E-state index in [1.807, 2.05) is 20.4 Å². The van der Waals surface area contributed by atoms with Gasteiger partial charge in [-0.2, -0.15) is 5.10 Å². The van der Waals surface area contributed by atoms with Gasteiger partial charge in [0.25, 0.3) is 5.91 Å². The van der Waals surface area contributed by atoms with Crippen LogP contribution in [0.15, 0.2) is 5.10 Å². The molecule has 0 saturated heterocycles. The van der Waals surface area contributed by atoms with Gasteiger partial charge in [-0.05, 0) is 20.4 Å². The first kappa shape index (κ1) is 12.3. The smallest absolute Gasteiger partial charge is 0.267 e. The Bertz CT molecular complexity index is 257. The Morgan fingerprint density at radius 3 is 2.93 bits per heavy atom. The van der Waals surface area contributed by atoms with Crippen molar-refractivity contribution in [2.24, 2.45) is 5.10 Å². The second-order valence-electron chi connectivity index (χ2n) is 3.47. The fraction of sp³-hybridized carbons (Fsp3) is 0.750. The lowest BCUT2D eigenvalue weighted by Crippen LogP contribution is -2.67. The highest BCUT2D eigenvalue weighted by Crippen LogP contribution is 2.13. The van der Waals surface area contributed by atoms with Gasteiger partial charge in [0.1, 0.15) is 6.21 Å². The number of carbonyl (C=O) groups is 1. The molecule has 0 aromatic carbocycles. The summed E-state index contributed by atoms with van der Waals surface area (Å²) in [5.41, 5.74) is 2.86. The first-order valence-electron chi connectivity index (χ1n) is 4.65. The topological polar surface area (TPSA) is 68.8 Å². The molecule has 0 aromatic rings. The molecule has 0 bridgehead atoms. The second kappa shape index (κ2) is 5.34. The molecule has 1 amide bonds. The number of hydrogen-bond acceptors (Lipinski definition) is 6. The van der Waals surface area contributed by atoms with Gasteiger partial charge in [0.05, 0.1) is 0 Å². The van der Waals surface area contributed by atoms with Crippen molar-refractivity contribution < 1.29 is 4.79 Å². The summed E-state index contributed by atoms with van der Waals surface area (Å²) in [6.45, 7) is 1.65. The van der Waals surface area contributed by atoms with Crippen molar-refractivity contribution in [3.05, 3.63) is 0 Å². The summed E-state index contributed by atoms with van der Waals surface area (Å²) in [6, 6.07) is 0. The summed E-state index contributed by atoms with van der Waals surface area (Å²) in [6.07, 6.45) is 3.12. The summed E-state index contributed by atoms with van der Waals surface area (Å²) >= 11 is 1.46. The van der Waals surface area contributed by atoms with E-state index in [4.69, 9.17) is 0 Å². The van der Waals surface area contributed by atoms with Crippen LogP contribution in [0.4, 0.5) is 0 Å². The lowest BCUT2D eigenvalue weighted by molar-refractivity contribution is -0.116. The van der Waals surface area contributed by atoms with Gasteiger partial charge in [0.2, 0.25) is 5.12 Å². The van der Waals surface area contributed by atoms with E-state index in [0.29, 0.717) is 0 Å². The molecule has 0 saturated carbocycles. The maximum absolute atomic E-state index is 11.2. The summed E-state index contributed by atoms with van der Waals surface area (Å²) in [5, 5.41) is 9.12. The Morgan fingerprint density at radius 1 is 1.67 bits per heavy atom. The SMILES string of the molecule is CSC1(NCCN(C)C)NN=CC(=O)N1. The van der Waals surface area contributed by atoms with Crippen LogP contribution in [0.25, 0.3) is 0 Å². The maximum Gasteiger partial charge on any atom is 0.267 e. The van der Waals surface area contributed by atoms with Crippen LogP contribution < -0.4 is 16.1 Å². The number of thioether (sulfide) groups is 1. The van der Waals surface area contributed by atoms with E-state index < -0.39 is 5.12 Å². The van der Waals surface area contributed by atoms with E-state index >= 15 is 0 Å². The van der Waals surface area contributed by atoms with E-state index in [1.165, 1.54) is 18.0 Å². The van der Waals surface area contributed by atoms with Crippen molar-refractivity contribution in [1.82, 2.24) is 21.0 Å². The standard InChI is InChI=1S/C8H17N5OS/c1-13(2)5-4-9-8(15-3)11-7(14)6-10-12-8/h6,9,12H,4-5H2,1-3H3,(H,11,14). The zero-order valence-electron chi connectivity index (χ0n) is 9.20. The van der Waals surface area contributed by atoms with Gasteiger partial charge in [-0.25, -0.2) is 0 Å². The molecule has 86 valence electrons. The monoisotopic (exact) mass is 231 g/mol. The van der Waals surface area contributed by atoms with Crippen molar-refractivity contribution in [3.63, 3.8) is 0 Å². The number of likely N-dealkylation sites (N-methyl/N-ethyl adjacent to an activating group) is 1. The molecule has 1 atom stereocenters. The van der Waals surface area contributed by atoms with Crippen LogP contribution in [-0.2, 0) is 4.79 Å². The average molecular weight is 231 g/mol. The molecule has 7 heteroatoms. The fourth-order valence-corrected chi connectivity index (χ4v) is 1.72. The Hall–Kier alpha value is -0.790. The number of carbonyl (C=O) groups excluding carboxylic acids is 1. The molecule has 0 spiro atoms. The van der Waals surface area contributed by atoms with Gasteiger partial charge in [0, 0.05) is 13.1 Å². The van der Waals surface area contributed by atoms with E-state index in [1.54, 1.807) is 0 Å². The highest BCUT2D eigenvalue weighted by Gasteiger charge is 2.31. The van der Waals surface area contributed by atoms with Crippen LogP contribution >= 0.6 is 11.8 Å². The number of nitrogens with zero attached hydrogens (tertiary/aromatic N) is 2. The number of hydrazone groups is 1. The largest absolute Gasteiger partial charge is 0.308 e. The van der Waals surface area contributed by atoms with Crippen molar-refractivity contribution in [2.75, 3.05) is 33.4 Å². The molecule has 6 nitrogen and oxygen atoms in total. The van der Waals surface area contributed by atoms with Crippen molar-refractivity contribution in [2.45, 2.75) is 5.12 Å². The molecule has 1 aliphatic heterocycles. The minimum atomic E-state index is -0.679. The van der Waals surface area contributed by atoms with E-state index in [0.717, 1.165) is 13.1 Å². The lowest BCUT2D eigenvalue weighted by atomic mass is 10.5. The van der Waals surface area contributed by atoms with Crippen LogP contribution in [0.1, 0.15) is 0 Å². The molecule has 1 rings (SSSR count). The molecule has 0 aromatic heterocycles. The number of amides is 1. The van der Waals surface area contributed by atoms with Gasteiger partial charge >= 0.3 is 0 Å². The highest BCUT2D eigenvalue weighted by molar-refractivity contribution is 7.99. The molecular formula is C8H17N5OS. The molecular weight excluding hydrogens is 214 g/mol. The summed E-state index contributed by atoms with van der Waals surface area (Å²) in [7, 11) is 4.00. The normalized spacial score (nSPS) is 25.2. The molecule has 1 heterocycles. The Kier molecular flexibility index (Phi) is 4.37. The van der Waals surface area contributed by atoms with E-state index in [-0.39, 0.29) is 5.91 Å². The van der Waals surface area contributed by atoms with E-state index in [9.17, 15) is 4.79 Å². The van der Waals surface area contributed by atoms with Gasteiger partial charge in [0.15, 0.2) is 0 Å². The van der Waals surface area contributed by atoms with Crippen LogP contribution in [0.5, 0.6) is 0 Å². The van der Waals surface area contributed by atoms with Crippen molar-refractivity contribution >= 4 is 23.9 Å². The molecule has 0 radical (unpaired) electrons. The quantitative estimate of drug-likeness (QED) is 0.520. The molecule has 1 aliphatic rings. The first-order valence-corrected chi connectivity index (χ1v) is 5.88. The van der Waals surface area contributed by atoms with Crippen molar-refractivity contribution in [1.29, 1.82) is 0 Å². The Labute approximate surface area is 93.8 Å².